The van der Waals surface area contributed by atoms with Gasteiger partial charge in [-0.15, -0.1) is 0 Å². The summed E-state index contributed by atoms with van der Waals surface area (Å²) in [6.45, 7) is 5.90. The molecule has 1 aromatic heterocycles. The van der Waals surface area contributed by atoms with Crippen LogP contribution < -0.4 is 10.1 Å². The van der Waals surface area contributed by atoms with Gasteiger partial charge >= 0.3 is 5.97 Å². The second kappa shape index (κ2) is 10.3. The molecule has 0 amide bonds. The van der Waals surface area contributed by atoms with E-state index in [0.717, 1.165) is 65.4 Å². The molecule has 0 unspecified atom stereocenters. The average molecular weight is 491 g/mol. The Morgan fingerprint density at radius 3 is 2.53 bits per heavy atom. The number of pyridine rings is 1. The van der Waals surface area contributed by atoms with Gasteiger partial charge in [0.1, 0.15) is 17.7 Å². The van der Waals surface area contributed by atoms with Gasteiger partial charge in [0.15, 0.2) is 0 Å². The summed E-state index contributed by atoms with van der Waals surface area (Å²) < 4.78 is 26.3. The molecule has 1 aliphatic heterocycles. The molecule has 1 saturated heterocycles. The summed E-state index contributed by atoms with van der Waals surface area (Å²) in [7, 11) is 0. The number of ether oxygens (including phenoxy) is 2. The van der Waals surface area contributed by atoms with E-state index in [4.69, 9.17) is 14.6 Å². The number of carbonyl (C=O) groups is 1. The number of anilines is 1. The fraction of sp³-hybridized carbons (Fsp3) is 0.379. The SMILES string of the molecule is Cc1cc(OC2CCOCC2)cc(C)c1-c1ccc(F)c(CNc2ccc([C@H]3C[C@@H]3C(=O)O)nc2)c1. The van der Waals surface area contributed by atoms with Crippen LogP contribution in [0.15, 0.2) is 48.7 Å². The average Bonchev–Trinajstić information content (AvgIpc) is 3.66. The Hall–Kier alpha value is -3.45. The van der Waals surface area contributed by atoms with Crippen LogP contribution in [0.1, 0.15) is 47.6 Å². The van der Waals surface area contributed by atoms with Gasteiger partial charge < -0.3 is 19.9 Å². The van der Waals surface area contributed by atoms with Gasteiger partial charge in [-0.1, -0.05) is 6.07 Å². The maximum atomic E-state index is 14.7. The van der Waals surface area contributed by atoms with E-state index in [-0.39, 0.29) is 23.8 Å². The Bertz CT molecular complexity index is 1230. The van der Waals surface area contributed by atoms with Crippen molar-refractivity contribution in [3.63, 3.8) is 0 Å². The van der Waals surface area contributed by atoms with Crippen molar-refractivity contribution in [3.05, 3.63) is 76.9 Å². The van der Waals surface area contributed by atoms with Crippen molar-refractivity contribution in [1.82, 2.24) is 4.98 Å². The van der Waals surface area contributed by atoms with Crippen LogP contribution in [0, 0.1) is 25.6 Å². The summed E-state index contributed by atoms with van der Waals surface area (Å²) in [6, 6.07) is 13.0. The van der Waals surface area contributed by atoms with Crippen molar-refractivity contribution in [2.45, 2.75) is 51.7 Å². The number of aryl methyl sites for hydroxylation is 2. The second-order valence-electron chi connectivity index (χ2n) is 9.78. The molecule has 5 rings (SSSR count). The third-order valence-electron chi connectivity index (χ3n) is 7.07. The maximum Gasteiger partial charge on any atom is 0.307 e. The van der Waals surface area contributed by atoms with Gasteiger partial charge in [-0.2, -0.15) is 0 Å². The predicted molar refractivity (Wildman–Crippen MR) is 136 cm³/mol. The Morgan fingerprint density at radius 1 is 1.14 bits per heavy atom. The van der Waals surface area contributed by atoms with E-state index in [0.29, 0.717) is 18.5 Å². The number of carboxylic acid groups (broad SMARTS) is 1. The number of nitrogens with zero attached hydrogens (tertiary/aromatic N) is 1. The first-order chi connectivity index (χ1) is 17.4. The number of hydrogen-bond donors (Lipinski definition) is 2. The largest absolute Gasteiger partial charge is 0.490 e. The standard InChI is InChI=1S/C29H31FN2O4/c1-17-11-23(36-22-7-9-35-10-8-22)12-18(2)28(17)19-3-5-26(30)20(13-19)15-31-21-4-6-27(32-16-21)24-14-25(24)29(33)34/h3-6,11-13,16,22,24-25,31H,7-10,14-15H2,1-2H3,(H,33,34)/t24-,25-/m0/s1. The first-order valence-electron chi connectivity index (χ1n) is 12.5. The summed E-state index contributed by atoms with van der Waals surface area (Å²) in [5, 5.41) is 12.3. The molecule has 2 aliphatic rings. The highest BCUT2D eigenvalue weighted by molar-refractivity contribution is 5.75. The molecule has 0 bridgehead atoms. The highest BCUT2D eigenvalue weighted by atomic mass is 19.1. The van der Waals surface area contributed by atoms with E-state index in [2.05, 4.69) is 36.3 Å². The zero-order valence-corrected chi connectivity index (χ0v) is 20.6. The Balaban J connectivity index is 1.28. The zero-order chi connectivity index (χ0) is 25.2. The number of carboxylic acids is 1. The topological polar surface area (TPSA) is 80.7 Å². The van der Waals surface area contributed by atoms with Gasteiger partial charge in [-0.3, -0.25) is 9.78 Å². The number of nitrogens with one attached hydrogen (secondary N) is 1. The van der Waals surface area contributed by atoms with Crippen LogP contribution in [0.3, 0.4) is 0 Å². The van der Waals surface area contributed by atoms with Crippen LogP contribution in [0.2, 0.25) is 0 Å². The van der Waals surface area contributed by atoms with Crippen LogP contribution in [0.5, 0.6) is 5.75 Å². The molecule has 2 heterocycles. The fourth-order valence-corrected chi connectivity index (χ4v) is 5.02. The summed E-state index contributed by atoms with van der Waals surface area (Å²) in [5.41, 5.74) is 6.33. The van der Waals surface area contributed by atoms with E-state index in [1.165, 1.54) is 6.07 Å². The lowest BCUT2D eigenvalue weighted by molar-refractivity contribution is -0.138. The molecule has 2 aromatic carbocycles. The molecular formula is C29H31FN2O4. The van der Waals surface area contributed by atoms with Gasteiger partial charge in [0.05, 0.1) is 31.0 Å². The van der Waals surface area contributed by atoms with Crippen molar-refractivity contribution in [1.29, 1.82) is 0 Å². The number of halogens is 1. The monoisotopic (exact) mass is 490 g/mol. The van der Waals surface area contributed by atoms with E-state index in [1.54, 1.807) is 6.20 Å². The Morgan fingerprint density at radius 2 is 1.89 bits per heavy atom. The molecule has 1 aliphatic carbocycles. The summed E-state index contributed by atoms with van der Waals surface area (Å²) in [4.78, 5) is 15.5. The third-order valence-corrected chi connectivity index (χ3v) is 7.07. The van der Waals surface area contributed by atoms with Crippen molar-refractivity contribution < 1.29 is 23.8 Å². The normalized spacial score (nSPS) is 19.6. The summed E-state index contributed by atoms with van der Waals surface area (Å²) in [5.74, 6) is -0.520. The first-order valence-corrected chi connectivity index (χ1v) is 12.5. The highest BCUT2D eigenvalue weighted by Gasteiger charge is 2.45. The van der Waals surface area contributed by atoms with Gasteiger partial charge in [0.25, 0.3) is 0 Å². The van der Waals surface area contributed by atoms with Crippen molar-refractivity contribution in [2.75, 3.05) is 18.5 Å². The molecule has 0 spiro atoms. The zero-order valence-electron chi connectivity index (χ0n) is 20.6. The molecule has 3 aromatic rings. The van der Waals surface area contributed by atoms with Crippen LogP contribution in [-0.4, -0.2) is 35.4 Å². The summed E-state index contributed by atoms with van der Waals surface area (Å²) >= 11 is 0. The highest BCUT2D eigenvalue weighted by Crippen LogP contribution is 2.46. The Labute approximate surface area is 210 Å². The minimum atomic E-state index is -0.772. The lowest BCUT2D eigenvalue weighted by Crippen LogP contribution is -2.25. The molecule has 7 heteroatoms. The van der Waals surface area contributed by atoms with Crippen LogP contribution in [0.4, 0.5) is 10.1 Å². The predicted octanol–water partition coefficient (Wildman–Crippen LogP) is 5.86. The molecule has 1 saturated carbocycles. The first kappa shape index (κ1) is 24.3. The molecule has 2 fully saturated rings. The number of benzene rings is 2. The van der Waals surface area contributed by atoms with Crippen LogP contribution in [-0.2, 0) is 16.1 Å². The Kier molecular flexibility index (Phi) is 6.92. The van der Waals surface area contributed by atoms with E-state index in [9.17, 15) is 9.18 Å². The number of aliphatic carboxylic acids is 1. The van der Waals surface area contributed by atoms with Crippen molar-refractivity contribution >= 4 is 11.7 Å². The van der Waals surface area contributed by atoms with E-state index >= 15 is 0 Å². The van der Waals surface area contributed by atoms with Gasteiger partial charge in [-0.05, 0) is 78.9 Å². The third kappa shape index (κ3) is 5.36. The molecule has 0 radical (unpaired) electrons. The van der Waals surface area contributed by atoms with E-state index < -0.39 is 5.97 Å². The molecule has 2 atom stereocenters. The van der Waals surface area contributed by atoms with Crippen molar-refractivity contribution in [3.8, 4) is 16.9 Å². The molecule has 36 heavy (non-hydrogen) atoms. The maximum absolute atomic E-state index is 14.7. The molecule has 6 nitrogen and oxygen atoms in total. The minimum absolute atomic E-state index is 0.00868. The quantitative estimate of drug-likeness (QED) is 0.412. The lowest BCUT2D eigenvalue weighted by atomic mass is 9.94. The van der Waals surface area contributed by atoms with Gasteiger partial charge in [0, 0.05) is 36.6 Å². The van der Waals surface area contributed by atoms with E-state index in [1.807, 2.05) is 24.3 Å². The van der Waals surface area contributed by atoms with Crippen molar-refractivity contribution in [2.24, 2.45) is 5.92 Å². The smallest absolute Gasteiger partial charge is 0.307 e. The summed E-state index contributed by atoms with van der Waals surface area (Å²) in [6.07, 6.45) is 4.29. The van der Waals surface area contributed by atoms with Gasteiger partial charge in [0.2, 0.25) is 0 Å². The number of hydrogen-bond acceptors (Lipinski definition) is 5. The fourth-order valence-electron chi connectivity index (χ4n) is 5.02. The lowest BCUT2D eigenvalue weighted by Gasteiger charge is -2.24. The van der Waals surface area contributed by atoms with Crippen LogP contribution >= 0.6 is 0 Å². The minimum Gasteiger partial charge on any atom is -0.490 e. The molecule has 2 N–H and O–H groups in total. The van der Waals surface area contributed by atoms with Gasteiger partial charge in [-0.25, -0.2) is 4.39 Å². The molecule has 188 valence electrons. The molecular weight excluding hydrogens is 459 g/mol. The second-order valence-corrected chi connectivity index (χ2v) is 9.78. The van der Waals surface area contributed by atoms with Crippen LogP contribution in [0.25, 0.3) is 11.1 Å². The number of rotatable bonds is 8. The number of aromatic nitrogens is 1.